The predicted octanol–water partition coefficient (Wildman–Crippen LogP) is 2.13. The second kappa shape index (κ2) is 5.37. The van der Waals surface area contributed by atoms with Crippen molar-refractivity contribution in [3.63, 3.8) is 0 Å². The van der Waals surface area contributed by atoms with Gasteiger partial charge in [0.1, 0.15) is 0 Å². The van der Waals surface area contributed by atoms with Crippen LogP contribution in [0.1, 0.15) is 16.4 Å². The van der Waals surface area contributed by atoms with Crippen molar-refractivity contribution in [2.24, 2.45) is 5.16 Å². The molecule has 4 nitrogen and oxygen atoms in total. The molecule has 0 aliphatic rings. The molecule has 0 radical (unpaired) electrons. The lowest BCUT2D eigenvalue weighted by Gasteiger charge is -1.96. The Balaban J connectivity index is 1.94. The normalized spacial score (nSPS) is 11.0. The van der Waals surface area contributed by atoms with Gasteiger partial charge in [-0.25, -0.2) is 4.98 Å². The Hall–Kier alpha value is -1.75. The van der Waals surface area contributed by atoms with Gasteiger partial charge in [-0.1, -0.05) is 11.2 Å². The number of rotatable bonds is 4. The van der Waals surface area contributed by atoms with Gasteiger partial charge in [0.25, 0.3) is 0 Å². The lowest BCUT2D eigenvalue weighted by atomic mass is 10.2. The molecular weight excluding hydrogens is 222 g/mol. The molecule has 0 fully saturated rings. The Morgan fingerprint density at radius 3 is 3.06 bits per heavy atom. The molecule has 0 amide bonds. The van der Waals surface area contributed by atoms with Gasteiger partial charge in [-0.3, -0.25) is 4.98 Å². The van der Waals surface area contributed by atoms with E-state index >= 15 is 0 Å². The highest BCUT2D eigenvalue weighted by atomic mass is 32.1. The number of thiazole rings is 1. The van der Waals surface area contributed by atoms with E-state index in [2.05, 4.69) is 15.1 Å². The van der Waals surface area contributed by atoms with Gasteiger partial charge < -0.3 is 5.21 Å². The lowest BCUT2D eigenvalue weighted by molar-refractivity contribution is 0.321. The monoisotopic (exact) mass is 233 g/mol. The van der Waals surface area contributed by atoms with Gasteiger partial charge in [-0.05, 0) is 18.6 Å². The molecule has 2 aromatic rings. The first-order chi connectivity index (χ1) is 7.88. The standard InChI is InChI=1S/C11H11N3OS/c15-13-7-10-8-16-11(14-10)5-4-9-3-1-2-6-12-9/h1-3,6-8,15H,4-5H2/b13-7-. The highest BCUT2D eigenvalue weighted by Crippen LogP contribution is 2.11. The fourth-order valence-electron chi connectivity index (χ4n) is 1.34. The highest BCUT2D eigenvalue weighted by Gasteiger charge is 2.01. The third-order valence-corrected chi connectivity index (χ3v) is 3.01. The van der Waals surface area contributed by atoms with E-state index in [1.54, 1.807) is 17.5 Å². The lowest BCUT2D eigenvalue weighted by Crippen LogP contribution is -1.93. The van der Waals surface area contributed by atoms with Gasteiger partial charge in [0.15, 0.2) is 0 Å². The number of nitrogens with zero attached hydrogens (tertiary/aromatic N) is 3. The number of aromatic nitrogens is 2. The van der Waals surface area contributed by atoms with E-state index in [0.29, 0.717) is 5.69 Å². The van der Waals surface area contributed by atoms with Gasteiger partial charge in [0.2, 0.25) is 0 Å². The molecule has 2 heterocycles. The third-order valence-electron chi connectivity index (χ3n) is 2.08. The number of oxime groups is 1. The minimum Gasteiger partial charge on any atom is -0.411 e. The van der Waals surface area contributed by atoms with Crippen molar-refractivity contribution in [1.82, 2.24) is 9.97 Å². The van der Waals surface area contributed by atoms with Crippen molar-refractivity contribution < 1.29 is 5.21 Å². The van der Waals surface area contributed by atoms with Crippen LogP contribution in [-0.4, -0.2) is 21.4 Å². The maximum Gasteiger partial charge on any atom is 0.0958 e. The van der Waals surface area contributed by atoms with E-state index < -0.39 is 0 Å². The summed E-state index contributed by atoms with van der Waals surface area (Å²) >= 11 is 1.57. The number of pyridine rings is 1. The zero-order valence-electron chi connectivity index (χ0n) is 8.58. The van der Waals surface area contributed by atoms with Crippen LogP contribution >= 0.6 is 11.3 Å². The van der Waals surface area contributed by atoms with E-state index in [0.717, 1.165) is 23.5 Å². The van der Waals surface area contributed by atoms with E-state index in [1.165, 1.54) is 6.21 Å². The van der Waals surface area contributed by atoms with Crippen LogP contribution in [0.2, 0.25) is 0 Å². The van der Waals surface area contributed by atoms with Crippen LogP contribution in [0.3, 0.4) is 0 Å². The summed E-state index contributed by atoms with van der Waals surface area (Å²) in [7, 11) is 0. The second-order valence-corrected chi connectivity index (χ2v) is 4.17. The Bertz CT molecular complexity index is 467. The summed E-state index contributed by atoms with van der Waals surface area (Å²) < 4.78 is 0. The van der Waals surface area contributed by atoms with E-state index in [9.17, 15) is 0 Å². The Labute approximate surface area is 97.3 Å². The maximum absolute atomic E-state index is 8.36. The topological polar surface area (TPSA) is 58.4 Å². The first-order valence-electron chi connectivity index (χ1n) is 4.90. The molecule has 0 bridgehead atoms. The van der Waals surface area contributed by atoms with Crippen LogP contribution < -0.4 is 0 Å². The van der Waals surface area contributed by atoms with Gasteiger partial charge in [-0.2, -0.15) is 0 Å². The molecule has 5 heteroatoms. The Morgan fingerprint density at radius 2 is 2.31 bits per heavy atom. The summed E-state index contributed by atoms with van der Waals surface area (Å²) in [5.41, 5.74) is 1.76. The van der Waals surface area contributed by atoms with Crippen molar-refractivity contribution in [2.45, 2.75) is 12.8 Å². The van der Waals surface area contributed by atoms with Gasteiger partial charge in [-0.15, -0.1) is 11.3 Å². The summed E-state index contributed by atoms with van der Waals surface area (Å²) in [5.74, 6) is 0. The van der Waals surface area contributed by atoms with Gasteiger partial charge in [0.05, 0.1) is 16.9 Å². The smallest absolute Gasteiger partial charge is 0.0958 e. The maximum atomic E-state index is 8.36. The number of hydrogen-bond acceptors (Lipinski definition) is 5. The molecule has 82 valence electrons. The fraction of sp³-hybridized carbons (Fsp3) is 0.182. The fourth-order valence-corrected chi connectivity index (χ4v) is 2.09. The molecule has 16 heavy (non-hydrogen) atoms. The number of hydrogen-bond donors (Lipinski definition) is 1. The zero-order chi connectivity index (χ0) is 11.2. The molecule has 0 aromatic carbocycles. The van der Waals surface area contributed by atoms with Crippen LogP contribution in [0.5, 0.6) is 0 Å². The summed E-state index contributed by atoms with van der Waals surface area (Å²) in [6, 6.07) is 5.89. The molecule has 0 saturated heterocycles. The molecule has 0 aliphatic heterocycles. The van der Waals surface area contributed by atoms with Gasteiger partial charge >= 0.3 is 0 Å². The van der Waals surface area contributed by atoms with Crippen molar-refractivity contribution in [2.75, 3.05) is 0 Å². The average Bonchev–Trinajstić information content (AvgIpc) is 2.76. The molecular formula is C11H11N3OS. The average molecular weight is 233 g/mol. The molecule has 0 spiro atoms. The molecule has 2 rings (SSSR count). The van der Waals surface area contributed by atoms with Crippen LogP contribution in [0, 0.1) is 0 Å². The highest BCUT2D eigenvalue weighted by molar-refractivity contribution is 7.09. The van der Waals surface area contributed by atoms with Crippen molar-refractivity contribution in [3.8, 4) is 0 Å². The van der Waals surface area contributed by atoms with Crippen molar-refractivity contribution in [1.29, 1.82) is 0 Å². The summed E-state index contributed by atoms with van der Waals surface area (Å²) in [6.45, 7) is 0. The van der Waals surface area contributed by atoms with Gasteiger partial charge in [0, 0.05) is 23.7 Å². The van der Waals surface area contributed by atoms with Crippen LogP contribution in [0.25, 0.3) is 0 Å². The molecule has 1 N–H and O–H groups in total. The van der Waals surface area contributed by atoms with Crippen LogP contribution in [-0.2, 0) is 12.8 Å². The summed E-state index contributed by atoms with van der Waals surface area (Å²) in [5, 5.41) is 14.2. The first-order valence-corrected chi connectivity index (χ1v) is 5.78. The third kappa shape index (κ3) is 2.87. The number of aryl methyl sites for hydroxylation is 2. The summed E-state index contributed by atoms with van der Waals surface area (Å²) in [4.78, 5) is 8.54. The molecule has 0 saturated carbocycles. The molecule has 2 aromatic heterocycles. The van der Waals surface area contributed by atoms with Crippen molar-refractivity contribution >= 4 is 17.6 Å². The molecule has 0 aliphatic carbocycles. The molecule has 0 unspecified atom stereocenters. The predicted molar refractivity (Wildman–Crippen MR) is 63.1 cm³/mol. The SMILES string of the molecule is O/N=C\c1csc(CCc2ccccn2)n1. The summed E-state index contributed by atoms with van der Waals surface area (Å²) in [6.07, 6.45) is 4.87. The van der Waals surface area contributed by atoms with E-state index in [-0.39, 0.29) is 0 Å². The second-order valence-electron chi connectivity index (χ2n) is 3.23. The van der Waals surface area contributed by atoms with E-state index in [4.69, 9.17) is 5.21 Å². The minimum atomic E-state index is 0.698. The first kappa shape index (κ1) is 10.8. The Kier molecular flexibility index (Phi) is 3.61. The molecule has 0 atom stereocenters. The van der Waals surface area contributed by atoms with Crippen LogP contribution in [0.4, 0.5) is 0 Å². The van der Waals surface area contributed by atoms with Crippen molar-refractivity contribution in [3.05, 3.63) is 46.2 Å². The quantitative estimate of drug-likeness (QED) is 0.500. The van der Waals surface area contributed by atoms with Crippen LogP contribution in [0.15, 0.2) is 34.9 Å². The van der Waals surface area contributed by atoms with E-state index in [1.807, 2.05) is 23.6 Å². The minimum absolute atomic E-state index is 0.698. The largest absolute Gasteiger partial charge is 0.411 e. The Morgan fingerprint density at radius 1 is 1.38 bits per heavy atom. The zero-order valence-corrected chi connectivity index (χ0v) is 9.39.